The van der Waals surface area contributed by atoms with Crippen LogP contribution in [0.3, 0.4) is 0 Å². The van der Waals surface area contributed by atoms with E-state index in [-0.39, 0.29) is 18.8 Å². The van der Waals surface area contributed by atoms with Gasteiger partial charge in [-0.2, -0.15) is 0 Å². The molecule has 2 fully saturated rings. The van der Waals surface area contributed by atoms with Crippen molar-refractivity contribution in [3.63, 3.8) is 0 Å². The number of hydrogen-bond acceptors (Lipinski definition) is 5. The molecule has 16 heavy (non-hydrogen) atoms. The molecule has 0 bridgehead atoms. The van der Waals surface area contributed by atoms with Crippen LogP contribution < -0.4 is 0 Å². The Morgan fingerprint density at radius 3 is 2.44 bits per heavy atom. The number of aliphatic hydroxyl groups is 1. The molecule has 2 saturated heterocycles. The summed E-state index contributed by atoms with van der Waals surface area (Å²) in [6, 6.07) is 0. The molecule has 0 amide bonds. The first-order valence-corrected chi connectivity index (χ1v) is 5.65. The van der Waals surface area contributed by atoms with E-state index in [4.69, 9.17) is 18.9 Å². The smallest absolute Gasteiger partial charge is 0.190 e. The molecule has 0 saturated carbocycles. The molecule has 1 N–H and O–H groups in total. The summed E-state index contributed by atoms with van der Waals surface area (Å²) in [5.74, 6) is -0.651. The number of fused-ring (bicyclic) bond motifs is 1. The van der Waals surface area contributed by atoms with Gasteiger partial charge in [-0.25, -0.2) is 0 Å². The molecule has 0 aromatic rings. The van der Waals surface area contributed by atoms with Crippen molar-refractivity contribution in [3.8, 4) is 0 Å². The molecule has 4 atom stereocenters. The fourth-order valence-electron chi connectivity index (χ4n) is 2.52. The van der Waals surface area contributed by atoms with E-state index in [2.05, 4.69) is 0 Å². The molecule has 0 aromatic carbocycles. The standard InChI is InChI=1S/C11H20O5/c1-5-11(6-12)8(13-4)7-9(16-11)15-10(2,3)14-7/h7-9,12H,5-6H2,1-4H3/t7-,8+,9+,11-/m1/s1. The maximum absolute atomic E-state index is 9.49. The second-order valence-electron chi connectivity index (χ2n) is 4.82. The molecule has 0 aliphatic carbocycles. The highest BCUT2D eigenvalue weighted by atomic mass is 16.8. The Kier molecular flexibility index (Phi) is 3.01. The summed E-state index contributed by atoms with van der Waals surface area (Å²) in [4.78, 5) is 0. The molecular formula is C11H20O5. The van der Waals surface area contributed by atoms with E-state index in [1.807, 2.05) is 20.8 Å². The van der Waals surface area contributed by atoms with Crippen molar-refractivity contribution in [2.75, 3.05) is 13.7 Å². The Balaban J connectivity index is 2.21. The maximum Gasteiger partial charge on any atom is 0.190 e. The summed E-state index contributed by atoms with van der Waals surface area (Å²) in [6.07, 6.45) is -0.365. The Labute approximate surface area is 95.6 Å². The van der Waals surface area contributed by atoms with E-state index in [1.54, 1.807) is 7.11 Å². The zero-order valence-electron chi connectivity index (χ0n) is 10.2. The predicted octanol–water partition coefficient (Wildman–Crippen LogP) is 0.650. The van der Waals surface area contributed by atoms with Gasteiger partial charge in [0.05, 0.1) is 6.61 Å². The van der Waals surface area contributed by atoms with E-state index in [9.17, 15) is 5.11 Å². The number of methoxy groups -OCH3 is 1. The van der Waals surface area contributed by atoms with Gasteiger partial charge in [0, 0.05) is 7.11 Å². The number of rotatable bonds is 3. The van der Waals surface area contributed by atoms with Crippen LogP contribution in [0.2, 0.25) is 0 Å². The summed E-state index contributed by atoms with van der Waals surface area (Å²) in [5, 5.41) is 9.49. The molecule has 5 heteroatoms. The van der Waals surface area contributed by atoms with Crippen LogP contribution in [0.4, 0.5) is 0 Å². The summed E-state index contributed by atoms with van der Waals surface area (Å²) in [7, 11) is 1.60. The maximum atomic E-state index is 9.49. The Morgan fingerprint density at radius 1 is 1.25 bits per heavy atom. The molecule has 2 aliphatic heterocycles. The first-order valence-electron chi connectivity index (χ1n) is 5.65. The van der Waals surface area contributed by atoms with Crippen molar-refractivity contribution >= 4 is 0 Å². The number of ether oxygens (including phenoxy) is 4. The van der Waals surface area contributed by atoms with Gasteiger partial charge in [-0.1, -0.05) is 6.92 Å². The fourth-order valence-corrected chi connectivity index (χ4v) is 2.52. The molecule has 0 radical (unpaired) electrons. The zero-order valence-corrected chi connectivity index (χ0v) is 10.2. The van der Waals surface area contributed by atoms with Gasteiger partial charge in [0.2, 0.25) is 0 Å². The molecular weight excluding hydrogens is 212 g/mol. The minimum atomic E-state index is -0.708. The third-order valence-electron chi connectivity index (χ3n) is 3.38. The summed E-state index contributed by atoms with van der Waals surface area (Å²) in [6.45, 7) is 5.54. The highest BCUT2D eigenvalue weighted by molar-refractivity contribution is 5.03. The van der Waals surface area contributed by atoms with E-state index in [0.717, 1.165) is 0 Å². The Bertz CT molecular complexity index is 261. The number of aliphatic hydroxyl groups excluding tert-OH is 1. The van der Waals surface area contributed by atoms with Crippen molar-refractivity contribution in [2.24, 2.45) is 0 Å². The van der Waals surface area contributed by atoms with Crippen molar-refractivity contribution < 1.29 is 24.1 Å². The van der Waals surface area contributed by atoms with Crippen molar-refractivity contribution in [2.45, 2.75) is 57.1 Å². The minimum absolute atomic E-state index is 0.0951. The second-order valence-corrected chi connectivity index (χ2v) is 4.82. The van der Waals surface area contributed by atoms with Crippen LogP contribution in [-0.2, 0) is 18.9 Å². The third-order valence-corrected chi connectivity index (χ3v) is 3.38. The lowest BCUT2D eigenvalue weighted by atomic mass is 9.93. The van der Waals surface area contributed by atoms with Crippen LogP contribution in [-0.4, -0.2) is 48.7 Å². The van der Waals surface area contributed by atoms with Gasteiger partial charge in [-0.15, -0.1) is 0 Å². The average molecular weight is 232 g/mol. The van der Waals surface area contributed by atoms with Crippen LogP contribution in [0.1, 0.15) is 27.2 Å². The molecule has 2 rings (SSSR count). The first kappa shape index (κ1) is 12.3. The van der Waals surface area contributed by atoms with Crippen LogP contribution >= 0.6 is 0 Å². The van der Waals surface area contributed by atoms with Gasteiger partial charge in [0.15, 0.2) is 12.1 Å². The highest BCUT2D eigenvalue weighted by Crippen LogP contribution is 2.44. The summed E-state index contributed by atoms with van der Waals surface area (Å²) in [5.41, 5.74) is -0.708. The largest absolute Gasteiger partial charge is 0.393 e. The molecule has 0 aromatic heterocycles. The summed E-state index contributed by atoms with van der Waals surface area (Å²) < 4.78 is 22.6. The summed E-state index contributed by atoms with van der Waals surface area (Å²) >= 11 is 0. The topological polar surface area (TPSA) is 57.2 Å². The SMILES string of the molecule is CC[C@]1(CO)O[C@@H]2OC(C)(C)O[C@@H]2[C@@H]1OC. The predicted molar refractivity (Wildman–Crippen MR) is 55.8 cm³/mol. The van der Waals surface area contributed by atoms with Crippen LogP contribution in [0, 0.1) is 0 Å². The van der Waals surface area contributed by atoms with Crippen LogP contribution in [0.25, 0.3) is 0 Å². The Morgan fingerprint density at radius 2 is 1.94 bits per heavy atom. The second kappa shape index (κ2) is 3.92. The van der Waals surface area contributed by atoms with Gasteiger partial charge >= 0.3 is 0 Å². The van der Waals surface area contributed by atoms with Gasteiger partial charge in [-0.3, -0.25) is 0 Å². The van der Waals surface area contributed by atoms with Gasteiger partial charge in [0.25, 0.3) is 0 Å². The van der Waals surface area contributed by atoms with Gasteiger partial charge in [-0.05, 0) is 20.3 Å². The van der Waals surface area contributed by atoms with Gasteiger partial charge in [0.1, 0.15) is 17.8 Å². The van der Waals surface area contributed by atoms with Crippen molar-refractivity contribution in [1.82, 2.24) is 0 Å². The lowest BCUT2D eigenvalue weighted by Crippen LogP contribution is -2.48. The average Bonchev–Trinajstić information content (AvgIpc) is 2.66. The van der Waals surface area contributed by atoms with Gasteiger partial charge < -0.3 is 24.1 Å². The van der Waals surface area contributed by atoms with Crippen LogP contribution in [0.5, 0.6) is 0 Å². The van der Waals surface area contributed by atoms with Crippen molar-refractivity contribution in [1.29, 1.82) is 0 Å². The van der Waals surface area contributed by atoms with E-state index < -0.39 is 17.7 Å². The zero-order chi connectivity index (χ0) is 12.0. The quantitative estimate of drug-likeness (QED) is 0.774. The minimum Gasteiger partial charge on any atom is -0.393 e. The fraction of sp³-hybridized carbons (Fsp3) is 1.00. The molecule has 0 unspecified atom stereocenters. The molecule has 2 heterocycles. The van der Waals surface area contributed by atoms with E-state index >= 15 is 0 Å². The van der Waals surface area contributed by atoms with Crippen LogP contribution in [0.15, 0.2) is 0 Å². The lowest BCUT2D eigenvalue weighted by molar-refractivity contribution is -0.248. The van der Waals surface area contributed by atoms with E-state index in [0.29, 0.717) is 6.42 Å². The van der Waals surface area contributed by atoms with E-state index in [1.165, 1.54) is 0 Å². The Hall–Kier alpha value is -0.200. The molecule has 2 aliphatic rings. The van der Waals surface area contributed by atoms with Crippen molar-refractivity contribution in [3.05, 3.63) is 0 Å². The number of hydrogen-bond donors (Lipinski definition) is 1. The first-order chi connectivity index (χ1) is 7.48. The monoisotopic (exact) mass is 232 g/mol. The molecule has 94 valence electrons. The molecule has 0 spiro atoms. The normalized spacial score (nSPS) is 45.9. The third kappa shape index (κ3) is 1.67. The molecule has 5 nitrogen and oxygen atoms in total. The highest BCUT2D eigenvalue weighted by Gasteiger charge is 2.61. The lowest BCUT2D eigenvalue weighted by Gasteiger charge is -2.33.